The van der Waals surface area contributed by atoms with E-state index in [-0.39, 0.29) is 16.7 Å². The van der Waals surface area contributed by atoms with Crippen LogP contribution in [0.2, 0.25) is 0 Å². The molecule has 0 saturated carbocycles. The highest BCUT2D eigenvalue weighted by molar-refractivity contribution is 5.57. The Bertz CT molecular complexity index is 1420. The fourth-order valence-electron chi connectivity index (χ4n) is 2.52. The van der Waals surface area contributed by atoms with Gasteiger partial charge in [-0.05, 0) is 18.2 Å². The molecular formula is C19H14N6O3. The Morgan fingerprint density at radius 2 is 1.89 bits per heavy atom. The van der Waals surface area contributed by atoms with Crippen molar-refractivity contribution in [3.05, 3.63) is 88.4 Å². The summed E-state index contributed by atoms with van der Waals surface area (Å²) in [5.41, 5.74) is 1.36. The summed E-state index contributed by atoms with van der Waals surface area (Å²) in [6.45, 7) is 0. The molecule has 1 aromatic heterocycles. The summed E-state index contributed by atoms with van der Waals surface area (Å²) in [6, 6.07) is 9.99. The highest BCUT2D eigenvalue weighted by atomic mass is 16.3. The Morgan fingerprint density at radius 3 is 2.82 bits per heavy atom. The molecule has 0 unspecified atom stereocenters. The molecule has 2 bridgehead atoms. The van der Waals surface area contributed by atoms with Crippen molar-refractivity contribution in [1.82, 2.24) is 29.9 Å². The molecule has 0 radical (unpaired) electrons. The van der Waals surface area contributed by atoms with Crippen LogP contribution >= 0.6 is 0 Å². The zero-order chi connectivity index (χ0) is 19.3. The van der Waals surface area contributed by atoms with Crippen LogP contribution in [0.15, 0.2) is 76.8 Å². The monoisotopic (exact) mass is 374 g/mol. The van der Waals surface area contributed by atoms with Gasteiger partial charge in [0.2, 0.25) is 0 Å². The van der Waals surface area contributed by atoms with Gasteiger partial charge in [-0.15, -0.1) is 0 Å². The Balaban J connectivity index is 2.16. The minimum absolute atomic E-state index is 0.0929. The average molecular weight is 374 g/mol. The van der Waals surface area contributed by atoms with Crippen molar-refractivity contribution in [3.63, 3.8) is 0 Å². The molecule has 2 aliphatic heterocycles. The molecule has 2 aromatic rings. The normalized spacial score (nSPS) is 10.4. The van der Waals surface area contributed by atoms with Gasteiger partial charge in [-0.3, -0.25) is 9.78 Å². The smallest absolute Gasteiger partial charge is 0.281 e. The fourth-order valence-corrected chi connectivity index (χ4v) is 2.52. The number of nitrogens with one attached hydrogen (secondary N) is 2. The third-order valence-corrected chi connectivity index (χ3v) is 3.77. The molecule has 0 fully saturated rings. The van der Waals surface area contributed by atoms with E-state index in [1.165, 1.54) is 43.3 Å². The number of rotatable bonds is 0. The fraction of sp³-hybridized carbons (Fsp3) is 0. The average Bonchev–Trinajstić information content (AvgIpc) is 3.02. The summed E-state index contributed by atoms with van der Waals surface area (Å²) < 4.78 is 5.48. The van der Waals surface area contributed by atoms with Crippen LogP contribution in [0, 0.1) is 10.4 Å². The van der Waals surface area contributed by atoms with Gasteiger partial charge in [0.25, 0.3) is 5.56 Å². The van der Waals surface area contributed by atoms with E-state index in [9.17, 15) is 9.90 Å². The van der Waals surface area contributed by atoms with Crippen molar-refractivity contribution >= 4 is 22.4 Å². The van der Waals surface area contributed by atoms with Gasteiger partial charge in [0.1, 0.15) is 17.6 Å². The molecule has 0 saturated heterocycles. The van der Waals surface area contributed by atoms with Crippen LogP contribution in [-0.2, 0) is 0 Å². The van der Waals surface area contributed by atoms with E-state index in [1.54, 1.807) is 24.3 Å². The minimum atomic E-state index is -0.446. The van der Waals surface area contributed by atoms with Crippen LogP contribution in [0.4, 0.5) is 0 Å². The molecule has 0 aliphatic carbocycles. The van der Waals surface area contributed by atoms with Crippen LogP contribution in [0.25, 0.3) is 22.4 Å². The molecule has 28 heavy (non-hydrogen) atoms. The SMILES string of the molecule is O=c1nc2ncnc3[nH]cc[nH]c(O)cccoc4cccc(c4)ncc1=c23. The number of hydrogen-bond donors (Lipinski definition) is 3. The number of aromatic amines is 2. The van der Waals surface area contributed by atoms with Crippen LogP contribution in [0.1, 0.15) is 0 Å². The van der Waals surface area contributed by atoms with Gasteiger partial charge in [-0.1, -0.05) is 6.07 Å². The lowest BCUT2D eigenvalue weighted by atomic mass is 10.3. The third-order valence-electron chi connectivity index (χ3n) is 3.77. The number of fused-ring (bicyclic) bond motifs is 2. The molecular weight excluding hydrogens is 360 g/mol. The second kappa shape index (κ2) is 7.54. The van der Waals surface area contributed by atoms with E-state index in [4.69, 9.17) is 4.42 Å². The Hall–Kier alpha value is -4.27. The first-order valence-corrected chi connectivity index (χ1v) is 8.24. The van der Waals surface area contributed by atoms with Crippen LogP contribution in [-0.4, -0.2) is 35.0 Å². The summed E-state index contributed by atoms with van der Waals surface area (Å²) in [7, 11) is 0. The zero-order valence-corrected chi connectivity index (χ0v) is 14.4. The van der Waals surface area contributed by atoms with Crippen molar-refractivity contribution in [2.24, 2.45) is 0 Å². The molecule has 2 aliphatic rings. The second-order valence-electron chi connectivity index (χ2n) is 5.63. The number of H-pyrrole nitrogens is 2. The number of nitrogens with zero attached hydrogens (tertiary/aromatic N) is 4. The summed E-state index contributed by atoms with van der Waals surface area (Å²) >= 11 is 0. The Labute approximate surface area is 156 Å². The first-order valence-electron chi connectivity index (χ1n) is 8.24. The van der Waals surface area contributed by atoms with Gasteiger partial charge < -0.3 is 19.5 Å². The van der Waals surface area contributed by atoms with E-state index in [2.05, 4.69) is 29.9 Å². The molecule has 0 spiro atoms. The predicted molar refractivity (Wildman–Crippen MR) is 101 cm³/mol. The molecule has 0 amide bonds. The van der Waals surface area contributed by atoms with E-state index >= 15 is 0 Å². The molecule has 0 atom stereocenters. The molecule has 4 rings (SSSR count). The third kappa shape index (κ3) is 3.63. The van der Waals surface area contributed by atoms with Crippen molar-refractivity contribution in [3.8, 4) is 5.88 Å². The predicted octanol–water partition coefficient (Wildman–Crippen LogP) is 2.42. The molecule has 138 valence electrons. The second-order valence-corrected chi connectivity index (χ2v) is 5.63. The molecule has 3 heterocycles. The highest BCUT2D eigenvalue weighted by Crippen LogP contribution is 2.06. The summed E-state index contributed by atoms with van der Waals surface area (Å²) in [4.78, 5) is 34.4. The standard InChI is InChI=1S/C19H14N6O3/c26-15-5-2-8-28-13-4-1-3-12(9-13)22-10-14-16-17(21-7-6-20-15)23-11-24-18(16)25-19(14)27/h1-11,20,26H,(H,21,23,24,25,27). The van der Waals surface area contributed by atoms with Crippen LogP contribution < -0.4 is 5.56 Å². The summed E-state index contributed by atoms with van der Waals surface area (Å²) in [5.74, 6) is -0.0929. The Kier molecular flexibility index (Phi) is 4.62. The quantitative estimate of drug-likeness (QED) is 0.430. The van der Waals surface area contributed by atoms with Gasteiger partial charge in [0.05, 0.1) is 22.2 Å². The zero-order valence-electron chi connectivity index (χ0n) is 14.4. The summed E-state index contributed by atoms with van der Waals surface area (Å²) in [5, 5.41) is 10.5. The lowest BCUT2D eigenvalue weighted by molar-refractivity contribution is 0.454. The maximum Gasteiger partial charge on any atom is 0.281 e. The van der Waals surface area contributed by atoms with Gasteiger partial charge in [0.15, 0.2) is 11.5 Å². The first kappa shape index (κ1) is 17.2. The van der Waals surface area contributed by atoms with E-state index in [1.807, 2.05) is 0 Å². The molecule has 9 heteroatoms. The number of hydrogen-bond acceptors (Lipinski definition) is 7. The van der Waals surface area contributed by atoms with E-state index in [0.717, 1.165) is 0 Å². The number of aromatic nitrogens is 6. The molecule has 1 aromatic carbocycles. The van der Waals surface area contributed by atoms with Crippen molar-refractivity contribution < 1.29 is 9.52 Å². The van der Waals surface area contributed by atoms with E-state index < -0.39 is 5.56 Å². The number of aromatic hydroxyl groups is 1. The maximum atomic E-state index is 12.3. The minimum Gasteiger partial charge on any atom is -0.495 e. The first-order chi connectivity index (χ1) is 13.7. The lowest BCUT2D eigenvalue weighted by Crippen LogP contribution is -1.98. The Morgan fingerprint density at radius 1 is 1.00 bits per heavy atom. The van der Waals surface area contributed by atoms with Gasteiger partial charge in [-0.25, -0.2) is 9.97 Å². The van der Waals surface area contributed by atoms with Crippen molar-refractivity contribution in [2.75, 3.05) is 0 Å². The highest BCUT2D eigenvalue weighted by Gasteiger charge is 2.05. The van der Waals surface area contributed by atoms with Crippen molar-refractivity contribution in [1.29, 1.82) is 0 Å². The maximum absolute atomic E-state index is 12.3. The van der Waals surface area contributed by atoms with Crippen molar-refractivity contribution in [2.45, 2.75) is 0 Å². The topological polar surface area (TPSA) is 134 Å². The van der Waals surface area contributed by atoms with Gasteiger partial charge in [-0.2, -0.15) is 4.98 Å². The molecule has 9 nitrogen and oxygen atoms in total. The van der Waals surface area contributed by atoms with E-state index in [0.29, 0.717) is 22.0 Å². The molecule has 3 N–H and O–H groups in total. The summed E-state index contributed by atoms with van der Waals surface area (Å²) in [6.07, 6.45) is 7.16. The van der Waals surface area contributed by atoms with Gasteiger partial charge >= 0.3 is 0 Å². The van der Waals surface area contributed by atoms with Crippen LogP contribution in [0.3, 0.4) is 0 Å². The largest absolute Gasteiger partial charge is 0.495 e. The van der Waals surface area contributed by atoms with Crippen LogP contribution in [0.5, 0.6) is 5.88 Å². The lowest BCUT2D eigenvalue weighted by Gasteiger charge is -1.89. The number of benzene rings is 1. The van der Waals surface area contributed by atoms with Gasteiger partial charge in [0, 0.05) is 30.7 Å².